The molecular weight excluding hydrogens is 176 g/mol. The van der Waals surface area contributed by atoms with Gasteiger partial charge in [-0.15, -0.1) is 0 Å². The van der Waals surface area contributed by atoms with Crippen molar-refractivity contribution in [2.75, 3.05) is 0 Å². The van der Waals surface area contributed by atoms with Crippen molar-refractivity contribution in [2.24, 2.45) is 0 Å². The van der Waals surface area contributed by atoms with Gasteiger partial charge in [0.1, 0.15) is 0 Å². The number of aliphatic hydroxyl groups excluding tert-OH is 1. The zero-order valence-electron chi connectivity index (χ0n) is 9.92. The third-order valence-electron chi connectivity index (χ3n) is 3.12. The second kappa shape index (κ2) is 7.24. The average Bonchev–Trinajstić information content (AvgIpc) is 2.18. The number of hydrogen-bond donors (Lipinski definition) is 2. The Labute approximate surface area is 88.3 Å². The molecule has 0 aromatic carbocycles. The molecule has 1 atom stereocenters. The van der Waals surface area contributed by atoms with E-state index in [0.29, 0.717) is 0 Å². The van der Waals surface area contributed by atoms with Crippen LogP contribution in [0.2, 0.25) is 0 Å². The van der Waals surface area contributed by atoms with E-state index in [9.17, 15) is 10.2 Å². The van der Waals surface area contributed by atoms with Gasteiger partial charge in [0.15, 0.2) is 0 Å². The minimum Gasteiger partial charge on any atom is -0.393 e. The van der Waals surface area contributed by atoms with E-state index in [1.165, 1.54) is 0 Å². The first-order valence-electron chi connectivity index (χ1n) is 5.98. The van der Waals surface area contributed by atoms with Gasteiger partial charge < -0.3 is 10.2 Å². The van der Waals surface area contributed by atoms with Gasteiger partial charge in [0.05, 0.1) is 11.7 Å². The lowest BCUT2D eigenvalue weighted by atomic mass is 9.90. The summed E-state index contributed by atoms with van der Waals surface area (Å²) < 4.78 is 0. The van der Waals surface area contributed by atoms with Crippen molar-refractivity contribution in [1.29, 1.82) is 0 Å². The molecule has 0 heterocycles. The highest BCUT2D eigenvalue weighted by atomic mass is 16.3. The molecule has 0 saturated carbocycles. The first-order chi connectivity index (χ1) is 6.58. The Morgan fingerprint density at radius 3 is 2.07 bits per heavy atom. The largest absolute Gasteiger partial charge is 0.393 e. The fourth-order valence-corrected chi connectivity index (χ4v) is 1.75. The second-order valence-corrected chi connectivity index (χ2v) is 4.27. The Bertz CT molecular complexity index is 130. The molecule has 0 aromatic heterocycles. The van der Waals surface area contributed by atoms with Gasteiger partial charge in [-0.25, -0.2) is 0 Å². The molecule has 0 aromatic rings. The zero-order valence-corrected chi connectivity index (χ0v) is 9.92. The van der Waals surface area contributed by atoms with E-state index in [0.717, 1.165) is 44.9 Å². The van der Waals surface area contributed by atoms with Gasteiger partial charge in [-0.1, -0.05) is 27.2 Å². The molecule has 2 heteroatoms. The summed E-state index contributed by atoms with van der Waals surface area (Å²) in [5.41, 5.74) is -0.494. The van der Waals surface area contributed by atoms with Crippen LogP contribution in [0.3, 0.4) is 0 Å². The summed E-state index contributed by atoms with van der Waals surface area (Å²) >= 11 is 0. The van der Waals surface area contributed by atoms with E-state index in [1.54, 1.807) is 0 Å². The molecule has 0 aliphatic heterocycles. The van der Waals surface area contributed by atoms with Crippen molar-refractivity contribution in [1.82, 2.24) is 0 Å². The molecule has 0 bridgehead atoms. The van der Waals surface area contributed by atoms with Gasteiger partial charge in [-0.3, -0.25) is 0 Å². The summed E-state index contributed by atoms with van der Waals surface area (Å²) in [6.07, 6.45) is 5.96. The Kier molecular flexibility index (Phi) is 7.20. The lowest BCUT2D eigenvalue weighted by Crippen LogP contribution is -2.26. The van der Waals surface area contributed by atoms with Crippen LogP contribution in [0, 0.1) is 0 Å². The Hall–Kier alpha value is -0.0800. The molecule has 0 aliphatic carbocycles. The maximum Gasteiger partial charge on any atom is 0.0642 e. The fraction of sp³-hybridized carbons (Fsp3) is 1.00. The monoisotopic (exact) mass is 202 g/mol. The molecule has 14 heavy (non-hydrogen) atoms. The summed E-state index contributed by atoms with van der Waals surface area (Å²) in [4.78, 5) is 0. The molecule has 2 nitrogen and oxygen atoms in total. The van der Waals surface area contributed by atoms with Crippen LogP contribution < -0.4 is 0 Å². The summed E-state index contributed by atoms with van der Waals surface area (Å²) in [7, 11) is 0. The maximum atomic E-state index is 9.99. The van der Waals surface area contributed by atoms with Gasteiger partial charge >= 0.3 is 0 Å². The quantitative estimate of drug-likeness (QED) is 0.635. The normalized spacial score (nSPS) is 14.4. The highest BCUT2D eigenvalue weighted by molar-refractivity contribution is 4.75. The van der Waals surface area contributed by atoms with Crippen LogP contribution in [-0.2, 0) is 0 Å². The summed E-state index contributed by atoms with van der Waals surface area (Å²) in [5, 5.41) is 19.5. The van der Waals surface area contributed by atoms with E-state index >= 15 is 0 Å². The fourth-order valence-electron chi connectivity index (χ4n) is 1.75. The van der Waals surface area contributed by atoms with E-state index in [4.69, 9.17) is 0 Å². The van der Waals surface area contributed by atoms with Crippen LogP contribution in [0.5, 0.6) is 0 Å². The Morgan fingerprint density at radius 1 is 1.07 bits per heavy atom. The van der Waals surface area contributed by atoms with Crippen molar-refractivity contribution in [3.05, 3.63) is 0 Å². The molecule has 0 amide bonds. The number of aliphatic hydroxyl groups is 2. The van der Waals surface area contributed by atoms with Gasteiger partial charge in [0.25, 0.3) is 0 Å². The molecule has 0 rings (SSSR count). The van der Waals surface area contributed by atoms with E-state index in [-0.39, 0.29) is 6.10 Å². The van der Waals surface area contributed by atoms with Crippen molar-refractivity contribution in [3.8, 4) is 0 Å². The van der Waals surface area contributed by atoms with Crippen LogP contribution in [0.15, 0.2) is 0 Å². The summed E-state index contributed by atoms with van der Waals surface area (Å²) in [5.74, 6) is 0. The van der Waals surface area contributed by atoms with Crippen molar-refractivity contribution in [3.63, 3.8) is 0 Å². The van der Waals surface area contributed by atoms with Crippen LogP contribution in [-0.4, -0.2) is 21.9 Å². The third kappa shape index (κ3) is 5.61. The molecule has 86 valence electrons. The first-order valence-corrected chi connectivity index (χ1v) is 5.98. The maximum absolute atomic E-state index is 9.99. The van der Waals surface area contributed by atoms with Crippen molar-refractivity contribution in [2.45, 2.75) is 77.4 Å². The second-order valence-electron chi connectivity index (χ2n) is 4.27. The minimum absolute atomic E-state index is 0.169. The molecular formula is C12H26O2. The zero-order chi connectivity index (χ0) is 11.0. The van der Waals surface area contributed by atoms with Gasteiger partial charge in [-0.2, -0.15) is 0 Å². The molecule has 0 saturated heterocycles. The Morgan fingerprint density at radius 2 is 1.64 bits per heavy atom. The molecule has 0 fully saturated rings. The van der Waals surface area contributed by atoms with Crippen LogP contribution >= 0.6 is 0 Å². The van der Waals surface area contributed by atoms with Gasteiger partial charge in [0, 0.05) is 0 Å². The van der Waals surface area contributed by atoms with E-state index in [1.807, 2.05) is 13.8 Å². The lowest BCUT2D eigenvalue weighted by molar-refractivity contribution is 0.0174. The standard InChI is InChI=1S/C12H26O2/c1-4-8-11(13)9-7-10-12(14,5-2)6-3/h11,13-14H,4-10H2,1-3H3. The molecule has 0 spiro atoms. The van der Waals surface area contributed by atoms with E-state index in [2.05, 4.69) is 6.92 Å². The topological polar surface area (TPSA) is 40.5 Å². The number of hydrogen-bond acceptors (Lipinski definition) is 2. The van der Waals surface area contributed by atoms with E-state index < -0.39 is 5.60 Å². The lowest BCUT2D eigenvalue weighted by Gasteiger charge is -2.25. The average molecular weight is 202 g/mol. The summed E-state index contributed by atoms with van der Waals surface area (Å²) in [6, 6.07) is 0. The molecule has 2 N–H and O–H groups in total. The predicted octanol–water partition coefficient (Wildman–Crippen LogP) is 2.87. The predicted molar refractivity (Wildman–Crippen MR) is 60.3 cm³/mol. The molecule has 1 unspecified atom stereocenters. The van der Waals surface area contributed by atoms with Gasteiger partial charge in [-0.05, 0) is 38.5 Å². The first kappa shape index (κ1) is 13.9. The SMILES string of the molecule is CCCC(O)CCCC(O)(CC)CC. The third-order valence-corrected chi connectivity index (χ3v) is 3.12. The number of rotatable bonds is 8. The van der Waals surface area contributed by atoms with Crippen LogP contribution in [0.1, 0.15) is 65.7 Å². The molecule has 0 radical (unpaired) electrons. The van der Waals surface area contributed by atoms with Crippen LogP contribution in [0.4, 0.5) is 0 Å². The highest BCUT2D eigenvalue weighted by Crippen LogP contribution is 2.22. The van der Waals surface area contributed by atoms with Gasteiger partial charge in [0.2, 0.25) is 0 Å². The Balaban J connectivity index is 3.61. The van der Waals surface area contributed by atoms with Crippen molar-refractivity contribution < 1.29 is 10.2 Å². The van der Waals surface area contributed by atoms with Crippen LogP contribution in [0.25, 0.3) is 0 Å². The van der Waals surface area contributed by atoms with Crippen molar-refractivity contribution >= 4 is 0 Å². The smallest absolute Gasteiger partial charge is 0.0642 e. The summed E-state index contributed by atoms with van der Waals surface area (Å²) in [6.45, 7) is 6.12. The minimum atomic E-state index is -0.494. The molecule has 0 aliphatic rings. The highest BCUT2D eigenvalue weighted by Gasteiger charge is 2.21.